The lowest BCUT2D eigenvalue weighted by molar-refractivity contribution is 0.0922. The highest BCUT2D eigenvalue weighted by Gasteiger charge is 2.20. The van der Waals surface area contributed by atoms with Crippen molar-refractivity contribution in [1.29, 1.82) is 0 Å². The number of hydrogen-bond donors (Lipinski definition) is 1. The van der Waals surface area contributed by atoms with Gasteiger partial charge in [0.2, 0.25) is 0 Å². The Morgan fingerprint density at radius 1 is 1.09 bits per heavy atom. The largest absolute Gasteiger partial charge is 0.343 e. The van der Waals surface area contributed by atoms with Crippen molar-refractivity contribution in [3.05, 3.63) is 64.5 Å². The molecule has 0 spiro atoms. The van der Waals surface area contributed by atoms with E-state index in [0.29, 0.717) is 11.6 Å². The molecule has 0 unspecified atom stereocenters. The summed E-state index contributed by atoms with van der Waals surface area (Å²) in [6.07, 6.45) is 0. The van der Waals surface area contributed by atoms with Gasteiger partial charge in [0.25, 0.3) is 5.91 Å². The van der Waals surface area contributed by atoms with Crippen LogP contribution in [0.3, 0.4) is 0 Å². The van der Waals surface area contributed by atoms with Gasteiger partial charge in [0.05, 0.1) is 11.6 Å². The van der Waals surface area contributed by atoms with Crippen LogP contribution in [0.25, 0.3) is 10.9 Å². The Hall–Kier alpha value is -2.20. The van der Waals surface area contributed by atoms with E-state index in [4.69, 9.17) is 0 Å². The molecule has 0 aliphatic rings. The van der Waals surface area contributed by atoms with Crippen LogP contribution in [0.1, 0.15) is 35.3 Å². The van der Waals surface area contributed by atoms with Gasteiger partial charge in [-0.25, -0.2) is 4.98 Å². The number of nitrogens with zero attached hydrogens (tertiary/aromatic N) is 1. The molecule has 2 heterocycles. The van der Waals surface area contributed by atoms with Gasteiger partial charge in [0.15, 0.2) is 0 Å². The van der Waals surface area contributed by atoms with Gasteiger partial charge in [-0.15, -0.1) is 11.3 Å². The summed E-state index contributed by atoms with van der Waals surface area (Å²) in [5.74, 6) is 0.195. The Labute approximate surface area is 134 Å². The van der Waals surface area contributed by atoms with E-state index in [1.54, 1.807) is 17.4 Å². The fourth-order valence-corrected chi connectivity index (χ4v) is 3.39. The molecular formula is C18H18N2OS. The summed E-state index contributed by atoms with van der Waals surface area (Å²) in [5, 5.41) is 6.18. The van der Waals surface area contributed by atoms with Crippen LogP contribution in [-0.2, 0) is 0 Å². The van der Waals surface area contributed by atoms with Gasteiger partial charge in [0, 0.05) is 10.3 Å². The molecule has 0 aliphatic heterocycles. The van der Waals surface area contributed by atoms with Crippen LogP contribution in [0, 0.1) is 5.92 Å². The van der Waals surface area contributed by atoms with Crippen LogP contribution in [0.2, 0.25) is 0 Å². The number of nitrogens with one attached hydrogen (secondary N) is 1. The lowest BCUT2D eigenvalue weighted by atomic mass is 10.0. The number of carbonyl (C=O) groups excluding carboxylic acids is 1. The van der Waals surface area contributed by atoms with E-state index in [1.165, 1.54) is 4.88 Å². The highest BCUT2D eigenvalue weighted by molar-refractivity contribution is 7.10. The van der Waals surface area contributed by atoms with E-state index in [-0.39, 0.29) is 11.9 Å². The molecule has 1 aromatic carbocycles. The fourth-order valence-electron chi connectivity index (χ4n) is 2.44. The second-order valence-electron chi connectivity index (χ2n) is 5.60. The molecule has 0 bridgehead atoms. The Bertz CT molecular complexity index is 781. The molecular weight excluding hydrogens is 292 g/mol. The molecule has 1 N–H and O–H groups in total. The Morgan fingerprint density at radius 2 is 1.91 bits per heavy atom. The van der Waals surface area contributed by atoms with Crippen LogP contribution in [-0.4, -0.2) is 10.9 Å². The van der Waals surface area contributed by atoms with E-state index >= 15 is 0 Å². The number of pyridine rings is 1. The first-order chi connectivity index (χ1) is 10.6. The van der Waals surface area contributed by atoms with E-state index in [0.717, 1.165) is 10.9 Å². The van der Waals surface area contributed by atoms with Gasteiger partial charge in [-0.1, -0.05) is 44.2 Å². The van der Waals surface area contributed by atoms with Crippen LogP contribution in [0.4, 0.5) is 0 Å². The van der Waals surface area contributed by atoms with Crippen molar-refractivity contribution >= 4 is 28.1 Å². The summed E-state index contributed by atoms with van der Waals surface area (Å²) in [4.78, 5) is 18.2. The standard InChI is InChI=1S/C18H18N2OS/c1-12(2)17(16-8-5-11-22-16)20-18(21)15-10-9-13-6-3-4-7-14(13)19-15/h3-12,17H,1-2H3,(H,20,21)/t17-/m1/s1. The molecule has 0 fully saturated rings. The summed E-state index contributed by atoms with van der Waals surface area (Å²) >= 11 is 1.66. The molecule has 4 heteroatoms. The summed E-state index contributed by atoms with van der Waals surface area (Å²) in [6.45, 7) is 4.22. The number of rotatable bonds is 4. The molecule has 2 aromatic heterocycles. The SMILES string of the molecule is CC(C)[C@@H](NC(=O)c1ccc2ccccc2n1)c1cccs1. The van der Waals surface area contributed by atoms with Crippen molar-refractivity contribution in [3.63, 3.8) is 0 Å². The Balaban J connectivity index is 1.85. The third kappa shape index (κ3) is 3.02. The van der Waals surface area contributed by atoms with Gasteiger partial charge >= 0.3 is 0 Å². The quantitative estimate of drug-likeness (QED) is 0.775. The van der Waals surface area contributed by atoms with Crippen molar-refractivity contribution in [2.45, 2.75) is 19.9 Å². The number of para-hydroxylation sites is 1. The first-order valence-electron chi connectivity index (χ1n) is 7.35. The first-order valence-corrected chi connectivity index (χ1v) is 8.23. The smallest absolute Gasteiger partial charge is 0.270 e. The molecule has 22 heavy (non-hydrogen) atoms. The topological polar surface area (TPSA) is 42.0 Å². The molecule has 3 aromatic rings. The van der Waals surface area contributed by atoms with Crippen molar-refractivity contribution in [2.24, 2.45) is 5.92 Å². The minimum atomic E-state index is -0.127. The predicted molar refractivity (Wildman–Crippen MR) is 91.1 cm³/mol. The molecule has 0 radical (unpaired) electrons. The zero-order valence-electron chi connectivity index (χ0n) is 12.6. The van der Waals surface area contributed by atoms with Gasteiger partial charge in [-0.2, -0.15) is 0 Å². The summed E-state index contributed by atoms with van der Waals surface area (Å²) in [5.41, 5.74) is 1.30. The monoisotopic (exact) mass is 310 g/mol. The Morgan fingerprint density at radius 3 is 2.64 bits per heavy atom. The lowest BCUT2D eigenvalue weighted by Crippen LogP contribution is -2.31. The molecule has 3 nitrogen and oxygen atoms in total. The van der Waals surface area contributed by atoms with E-state index in [1.807, 2.05) is 41.8 Å². The molecule has 112 valence electrons. The van der Waals surface area contributed by atoms with Crippen molar-refractivity contribution in [2.75, 3.05) is 0 Å². The van der Waals surface area contributed by atoms with Crippen molar-refractivity contribution in [1.82, 2.24) is 10.3 Å². The minimum Gasteiger partial charge on any atom is -0.343 e. The predicted octanol–water partition coefficient (Wildman–Crippen LogP) is 4.42. The second-order valence-corrected chi connectivity index (χ2v) is 6.58. The number of thiophene rings is 1. The van der Waals surface area contributed by atoms with E-state index in [2.05, 4.69) is 30.2 Å². The van der Waals surface area contributed by atoms with Crippen LogP contribution in [0.15, 0.2) is 53.9 Å². The van der Waals surface area contributed by atoms with Crippen LogP contribution < -0.4 is 5.32 Å². The molecule has 0 saturated heterocycles. The van der Waals surface area contributed by atoms with Gasteiger partial charge in [-0.3, -0.25) is 4.79 Å². The maximum Gasteiger partial charge on any atom is 0.270 e. The van der Waals surface area contributed by atoms with Crippen molar-refractivity contribution in [3.8, 4) is 0 Å². The number of fused-ring (bicyclic) bond motifs is 1. The lowest BCUT2D eigenvalue weighted by Gasteiger charge is -2.21. The van der Waals surface area contributed by atoms with Gasteiger partial charge in [0.1, 0.15) is 5.69 Å². The average Bonchev–Trinajstić information content (AvgIpc) is 3.05. The molecule has 1 atom stereocenters. The summed E-state index contributed by atoms with van der Waals surface area (Å²) in [7, 11) is 0. The van der Waals surface area contributed by atoms with E-state index < -0.39 is 0 Å². The maximum absolute atomic E-state index is 12.5. The highest BCUT2D eigenvalue weighted by atomic mass is 32.1. The molecule has 0 saturated carbocycles. The maximum atomic E-state index is 12.5. The number of benzene rings is 1. The zero-order valence-corrected chi connectivity index (χ0v) is 13.4. The molecule has 3 rings (SSSR count). The summed E-state index contributed by atoms with van der Waals surface area (Å²) in [6, 6.07) is 15.6. The van der Waals surface area contributed by atoms with Gasteiger partial charge < -0.3 is 5.32 Å². The third-order valence-electron chi connectivity index (χ3n) is 3.63. The normalized spacial score (nSPS) is 12.5. The van der Waals surface area contributed by atoms with E-state index in [9.17, 15) is 4.79 Å². The highest BCUT2D eigenvalue weighted by Crippen LogP contribution is 2.26. The zero-order chi connectivity index (χ0) is 15.5. The number of carbonyl (C=O) groups is 1. The number of amides is 1. The van der Waals surface area contributed by atoms with Gasteiger partial charge in [-0.05, 0) is 29.5 Å². The fraction of sp³-hybridized carbons (Fsp3) is 0.222. The average molecular weight is 310 g/mol. The minimum absolute atomic E-state index is 0.0146. The molecule has 1 amide bonds. The first kappa shape index (κ1) is 14.7. The third-order valence-corrected chi connectivity index (χ3v) is 4.59. The Kier molecular flexibility index (Phi) is 4.20. The van der Waals surface area contributed by atoms with Crippen LogP contribution >= 0.6 is 11.3 Å². The molecule has 0 aliphatic carbocycles. The second kappa shape index (κ2) is 6.28. The van der Waals surface area contributed by atoms with Crippen LogP contribution in [0.5, 0.6) is 0 Å². The summed E-state index contributed by atoms with van der Waals surface area (Å²) < 4.78 is 0. The van der Waals surface area contributed by atoms with Crippen molar-refractivity contribution < 1.29 is 4.79 Å². The number of hydrogen-bond acceptors (Lipinski definition) is 3. The number of aromatic nitrogens is 1.